The van der Waals surface area contributed by atoms with Crippen LogP contribution in [-0.4, -0.2) is 39.8 Å². The molecule has 0 saturated heterocycles. The molecule has 4 nitrogen and oxygen atoms in total. The van der Waals surface area contributed by atoms with Crippen molar-refractivity contribution in [2.45, 2.75) is 46.0 Å². The highest BCUT2D eigenvalue weighted by molar-refractivity contribution is 5.79. The van der Waals surface area contributed by atoms with Crippen LogP contribution in [0.1, 0.15) is 46.0 Å². The minimum Gasteiger partial charge on any atom is -0.385 e. The van der Waals surface area contributed by atoms with E-state index >= 15 is 0 Å². The van der Waals surface area contributed by atoms with E-state index in [1.54, 1.807) is 7.11 Å². The van der Waals surface area contributed by atoms with Gasteiger partial charge >= 0.3 is 0 Å². The number of aliphatic imine (C=N–C) groups is 1. The fourth-order valence-corrected chi connectivity index (χ4v) is 2.91. The molecule has 0 aromatic rings. The molecule has 1 saturated carbocycles. The van der Waals surface area contributed by atoms with E-state index in [0.29, 0.717) is 5.41 Å². The van der Waals surface area contributed by atoms with E-state index in [1.165, 1.54) is 25.7 Å². The zero-order valence-corrected chi connectivity index (χ0v) is 13.1. The molecule has 0 spiro atoms. The molecule has 1 aliphatic rings. The van der Waals surface area contributed by atoms with Gasteiger partial charge in [0.05, 0.1) is 0 Å². The second kappa shape index (κ2) is 8.41. The van der Waals surface area contributed by atoms with Gasteiger partial charge in [-0.05, 0) is 37.0 Å². The van der Waals surface area contributed by atoms with E-state index in [4.69, 9.17) is 4.74 Å². The summed E-state index contributed by atoms with van der Waals surface area (Å²) >= 11 is 0. The third kappa shape index (κ3) is 5.81. The molecule has 0 radical (unpaired) electrons. The molecular weight excluding hydrogens is 238 g/mol. The lowest BCUT2D eigenvalue weighted by molar-refractivity contribution is 0.104. The van der Waals surface area contributed by atoms with Crippen LogP contribution in [0, 0.1) is 11.3 Å². The van der Waals surface area contributed by atoms with Crippen molar-refractivity contribution in [2.24, 2.45) is 16.3 Å². The number of rotatable bonds is 8. The van der Waals surface area contributed by atoms with Gasteiger partial charge in [0.1, 0.15) is 0 Å². The number of hydrogen-bond acceptors (Lipinski definition) is 2. The molecule has 1 aliphatic carbocycles. The average molecular weight is 269 g/mol. The lowest BCUT2D eigenvalue weighted by Crippen LogP contribution is -2.47. The maximum atomic E-state index is 5.04. The normalized spacial score (nSPS) is 18.3. The summed E-state index contributed by atoms with van der Waals surface area (Å²) in [5.41, 5.74) is 0.512. The number of nitrogens with zero attached hydrogens (tertiary/aromatic N) is 1. The molecule has 2 N–H and O–H groups in total. The molecule has 0 unspecified atom stereocenters. The van der Waals surface area contributed by atoms with Gasteiger partial charge < -0.3 is 15.4 Å². The van der Waals surface area contributed by atoms with Crippen molar-refractivity contribution >= 4 is 5.96 Å². The fraction of sp³-hybridized carbons (Fsp3) is 0.933. The monoisotopic (exact) mass is 269 g/mol. The summed E-state index contributed by atoms with van der Waals surface area (Å²) in [5, 5.41) is 6.83. The summed E-state index contributed by atoms with van der Waals surface area (Å²) < 4.78 is 5.04. The Morgan fingerprint density at radius 2 is 2.05 bits per heavy atom. The smallest absolute Gasteiger partial charge is 0.190 e. The van der Waals surface area contributed by atoms with Crippen molar-refractivity contribution in [3.05, 3.63) is 0 Å². The highest BCUT2D eigenvalue weighted by atomic mass is 16.5. The highest BCUT2D eigenvalue weighted by Gasteiger charge is 2.37. The van der Waals surface area contributed by atoms with E-state index in [-0.39, 0.29) is 0 Å². The van der Waals surface area contributed by atoms with Crippen molar-refractivity contribution in [1.29, 1.82) is 0 Å². The molecule has 0 atom stereocenters. The largest absolute Gasteiger partial charge is 0.385 e. The summed E-state index contributed by atoms with van der Waals surface area (Å²) in [6.45, 7) is 7.39. The summed E-state index contributed by atoms with van der Waals surface area (Å²) in [6.07, 6.45) is 6.43. The molecular formula is C15H31N3O. The molecule has 0 bridgehead atoms. The van der Waals surface area contributed by atoms with Crippen LogP contribution in [0.15, 0.2) is 4.99 Å². The molecule has 19 heavy (non-hydrogen) atoms. The number of hydrogen-bond donors (Lipinski definition) is 2. The van der Waals surface area contributed by atoms with Crippen LogP contribution in [0.25, 0.3) is 0 Å². The summed E-state index contributed by atoms with van der Waals surface area (Å²) in [7, 11) is 3.57. The van der Waals surface area contributed by atoms with E-state index in [2.05, 4.69) is 29.5 Å². The van der Waals surface area contributed by atoms with Gasteiger partial charge in [-0.15, -0.1) is 0 Å². The topological polar surface area (TPSA) is 45.7 Å². The van der Waals surface area contributed by atoms with Crippen LogP contribution in [0.4, 0.5) is 0 Å². The van der Waals surface area contributed by atoms with Gasteiger partial charge in [0.25, 0.3) is 0 Å². The predicted molar refractivity (Wildman–Crippen MR) is 81.6 cm³/mol. The van der Waals surface area contributed by atoms with Crippen LogP contribution in [0.2, 0.25) is 0 Å². The van der Waals surface area contributed by atoms with Crippen LogP contribution in [0.5, 0.6) is 0 Å². The van der Waals surface area contributed by atoms with Crippen molar-refractivity contribution in [3.63, 3.8) is 0 Å². The van der Waals surface area contributed by atoms with Gasteiger partial charge in [0.2, 0.25) is 0 Å². The highest BCUT2D eigenvalue weighted by Crippen LogP contribution is 2.45. The Morgan fingerprint density at radius 3 is 2.53 bits per heavy atom. The van der Waals surface area contributed by atoms with Crippen LogP contribution < -0.4 is 10.6 Å². The first kappa shape index (κ1) is 16.3. The van der Waals surface area contributed by atoms with E-state index in [9.17, 15) is 0 Å². The van der Waals surface area contributed by atoms with E-state index in [1.807, 2.05) is 7.05 Å². The van der Waals surface area contributed by atoms with Crippen molar-refractivity contribution < 1.29 is 4.74 Å². The molecule has 1 rings (SSSR count). The zero-order valence-electron chi connectivity index (χ0n) is 13.1. The SMILES string of the molecule is CN=C(NCCCOC)NCC1(CC(C)C)CCC1. The van der Waals surface area contributed by atoms with Crippen LogP contribution in [0.3, 0.4) is 0 Å². The third-order valence-electron chi connectivity index (χ3n) is 3.93. The first-order valence-corrected chi connectivity index (χ1v) is 7.55. The number of nitrogens with one attached hydrogen (secondary N) is 2. The van der Waals surface area contributed by atoms with E-state index in [0.717, 1.165) is 38.0 Å². The maximum absolute atomic E-state index is 5.04. The molecule has 0 amide bonds. The first-order chi connectivity index (χ1) is 9.12. The van der Waals surface area contributed by atoms with Crippen LogP contribution >= 0.6 is 0 Å². The van der Waals surface area contributed by atoms with Crippen molar-refractivity contribution in [2.75, 3.05) is 33.9 Å². The van der Waals surface area contributed by atoms with Gasteiger partial charge in [-0.2, -0.15) is 0 Å². The van der Waals surface area contributed by atoms with Crippen molar-refractivity contribution in [1.82, 2.24) is 10.6 Å². The molecule has 0 heterocycles. The van der Waals surface area contributed by atoms with Gasteiger partial charge in [-0.3, -0.25) is 4.99 Å². The Labute approximate surface area is 118 Å². The molecule has 0 aromatic carbocycles. The van der Waals surface area contributed by atoms with Crippen molar-refractivity contribution in [3.8, 4) is 0 Å². The second-order valence-electron chi connectivity index (χ2n) is 6.15. The Kier molecular flexibility index (Phi) is 7.21. The predicted octanol–water partition coefficient (Wildman–Crippen LogP) is 2.40. The molecule has 112 valence electrons. The van der Waals surface area contributed by atoms with Crippen LogP contribution in [-0.2, 0) is 4.74 Å². The molecule has 0 aromatic heterocycles. The second-order valence-corrected chi connectivity index (χ2v) is 6.15. The maximum Gasteiger partial charge on any atom is 0.190 e. The Bertz CT molecular complexity index is 273. The summed E-state index contributed by atoms with van der Waals surface area (Å²) in [5.74, 6) is 1.70. The third-order valence-corrected chi connectivity index (χ3v) is 3.93. The average Bonchev–Trinajstić information content (AvgIpc) is 2.34. The molecule has 4 heteroatoms. The molecule has 0 aliphatic heterocycles. The van der Waals surface area contributed by atoms with Gasteiger partial charge in [0, 0.05) is 33.9 Å². The number of guanidine groups is 1. The standard InChI is InChI=1S/C15H31N3O/c1-13(2)11-15(7-5-8-15)12-18-14(16-3)17-9-6-10-19-4/h13H,5-12H2,1-4H3,(H2,16,17,18). The first-order valence-electron chi connectivity index (χ1n) is 7.55. The number of methoxy groups -OCH3 is 1. The number of ether oxygens (including phenoxy) is 1. The van der Waals surface area contributed by atoms with E-state index < -0.39 is 0 Å². The van der Waals surface area contributed by atoms with Gasteiger partial charge in [-0.25, -0.2) is 0 Å². The fourth-order valence-electron chi connectivity index (χ4n) is 2.91. The Morgan fingerprint density at radius 1 is 1.32 bits per heavy atom. The quantitative estimate of drug-likeness (QED) is 0.404. The summed E-state index contributed by atoms with van der Waals surface area (Å²) in [4.78, 5) is 4.28. The van der Waals surface area contributed by atoms with Gasteiger partial charge in [-0.1, -0.05) is 20.3 Å². The van der Waals surface area contributed by atoms with Gasteiger partial charge in [0.15, 0.2) is 5.96 Å². The summed E-state index contributed by atoms with van der Waals surface area (Å²) in [6, 6.07) is 0. The lowest BCUT2D eigenvalue weighted by atomic mass is 9.64. The minimum atomic E-state index is 0.512. The zero-order chi connectivity index (χ0) is 14.1. The lowest BCUT2D eigenvalue weighted by Gasteiger charge is -2.43. The minimum absolute atomic E-state index is 0.512. The Hall–Kier alpha value is -0.770. The molecule has 1 fully saturated rings. The Balaban J connectivity index is 2.27.